The standard InChI is InChI=1S/C24H15Br2ClFNO3S/c25-18-9-15(10-19(26)22(18)32-13-14-5-7-17(27)8-6-14)11-21-23(30)29(24(31)33-21)12-16-3-1-2-4-20(16)28/h1-11H,12-13H2/b21-11-. The molecule has 33 heavy (non-hydrogen) atoms. The monoisotopic (exact) mass is 609 g/mol. The summed E-state index contributed by atoms with van der Waals surface area (Å²) in [5, 5.41) is 0.222. The lowest BCUT2D eigenvalue weighted by atomic mass is 10.2. The van der Waals surface area contributed by atoms with Crippen molar-refractivity contribution in [1.29, 1.82) is 0 Å². The van der Waals surface area contributed by atoms with Gasteiger partial charge in [-0.15, -0.1) is 0 Å². The Labute approximate surface area is 216 Å². The van der Waals surface area contributed by atoms with Gasteiger partial charge in [-0.05, 0) is 91.2 Å². The van der Waals surface area contributed by atoms with Crippen LogP contribution in [0.25, 0.3) is 6.08 Å². The molecule has 0 saturated carbocycles. The minimum atomic E-state index is -0.456. The lowest BCUT2D eigenvalue weighted by molar-refractivity contribution is -0.123. The van der Waals surface area contributed by atoms with Crippen molar-refractivity contribution in [3.8, 4) is 5.75 Å². The van der Waals surface area contributed by atoms with Crippen LogP contribution >= 0.6 is 55.2 Å². The highest BCUT2D eigenvalue weighted by molar-refractivity contribution is 9.11. The van der Waals surface area contributed by atoms with Gasteiger partial charge in [-0.25, -0.2) is 4.39 Å². The van der Waals surface area contributed by atoms with Crippen molar-refractivity contribution in [2.75, 3.05) is 0 Å². The Kier molecular flexibility index (Phi) is 7.58. The molecule has 0 N–H and O–H groups in total. The molecule has 1 heterocycles. The molecule has 0 unspecified atom stereocenters. The van der Waals surface area contributed by atoms with Gasteiger partial charge in [-0.1, -0.05) is 41.9 Å². The van der Waals surface area contributed by atoms with Crippen LogP contribution in [0.5, 0.6) is 5.75 Å². The highest BCUT2D eigenvalue weighted by atomic mass is 79.9. The van der Waals surface area contributed by atoms with Crippen molar-refractivity contribution in [3.05, 3.63) is 102 Å². The van der Waals surface area contributed by atoms with Crippen LogP contribution in [0.4, 0.5) is 9.18 Å². The molecule has 3 aromatic carbocycles. The molecule has 1 fully saturated rings. The van der Waals surface area contributed by atoms with E-state index < -0.39 is 17.0 Å². The van der Waals surface area contributed by atoms with Crippen LogP contribution in [0.3, 0.4) is 0 Å². The lowest BCUT2D eigenvalue weighted by Crippen LogP contribution is -2.27. The Balaban J connectivity index is 1.50. The van der Waals surface area contributed by atoms with Gasteiger partial charge in [0.1, 0.15) is 18.2 Å². The summed E-state index contributed by atoms with van der Waals surface area (Å²) >= 11 is 13.8. The summed E-state index contributed by atoms with van der Waals surface area (Å²) in [7, 11) is 0. The van der Waals surface area contributed by atoms with E-state index in [4.69, 9.17) is 16.3 Å². The predicted octanol–water partition coefficient (Wildman–Crippen LogP) is 7.82. The largest absolute Gasteiger partial charge is 0.487 e. The second-order valence-corrected chi connectivity index (χ2v) is 10.2. The van der Waals surface area contributed by atoms with E-state index in [-0.39, 0.29) is 17.0 Å². The van der Waals surface area contributed by atoms with Crippen molar-refractivity contribution in [3.63, 3.8) is 0 Å². The van der Waals surface area contributed by atoms with Crippen LogP contribution in [-0.2, 0) is 17.9 Å². The van der Waals surface area contributed by atoms with Gasteiger partial charge in [-0.2, -0.15) is 0 Å². The van der Waals surface area contributed by atoms with Crippen molar-refractivity contribution in [2.45, 2.75) is 13.2 Å². The number of ether oxygens (including phenoxy) is 1. The summed E-state index contributed by atoms with van der Waals surface area (Å²) in [5.74, 6) is -0.305. The maximum atomic E-state index is 14.0. The SMILES string of the molecule is O=C1S/C(=C\c2cc(Br)c(OCc3ccc(Cl)cc3)c(Br)c2)C(=O)N1Cc1ccccc1F. The van der Waals surface area contributed by atoms with E-state index in [2.05, 4.69) is 31.9 Å². The average molecular weight is 612 g/mol. The lowest BCUT2D eigenvalue weighted by Gasteiger charge is -2.13. The zero-order valence-electron chi connectivity index (χ0n) is 16.9. The normalized spacial score (nSPS) is 14.9. The summed E-state index contributed by atoms with van der Waals surface area (Å²) in [6.45, 7) is 0.238. The first-order chi connectivity index (χ1) is 15.8. The molecule has 0 aliphatic carbocycles. The molecule has 0 radical (unpaired) electrons. The van der Waals surface area contributed by atoms with E-state index in [1.807, 2.05) is 12.1 Å². The van der Waals surface area contributed by atoms with Gasteiger partial charge in [0.25, 0.3) is 11.1 Å². The molecular weight excluding hydrogens is 597 g/mol. The van der Waals surface area contributed by atoms with Gasteiger partial charge in [-0.3, -0.25) is 14.5 Å². The highest BCUT2D eigenvalue weighted by Gasteiger charge is 2.35. The highest BCUT2D eigenvalue weighted by Crippen LogP contribution is 2.38. The van der Waals surface area contributed by atoms with Crippen LogP contribution in [-0.4, -0.2) is 16.0 Å². The first-order valence-electron chi connectivity index (χ1n) is 9.67. The molecule has 2 amide bonds. The molecular formula is C24H15Br2ClFNO3S. The van der Waals surface area contributed by atoms with Gasteiger partial charge in [0, 0.05) is 10.6 Å². The number of benzene rings is 3. The number of carbonyl (C=O) groups excluding carboxylic acids is 2. The number of amides is 2. The third-order valence-electron chi connectivity index (χ3n) is 4.77. The van der Waals surface area contributed by atoms with Gasteiger partial charge < -0.3 is 4.74 Å². The first kappa shape index (κ1) is 24.0. The third kappa shape index (κ3) is 5.69. The second-order valence-electron chi connectivity index (χ2n) is 7.09. The molecule has 1 aliphatic rings. The smallest absolute Gasteiger partial charge is 0.293 e. The number of carbonyl (C=O) groups is 2. The Morgan fingerprint density at radius 1 is 1.03 bits per heavy atom. The number of rotatable bonds is 6. The van der Waals surface area contributed by atoms with Crippen LogP contribution < -0.4 is 4.74 Å². The summed E-state index contributed by atoms with van der Waals surface area (Å²) in [4.78, 5) is 26.5. The zero-order valence-corrected chi connectivity index (χ0v) is 21.6. The van der Waals surface area contributed by atoms with E-state index in [9.17, 15) is 14.0 Å². The van der Waals surface area contributed by atoms with Crippen molar-refractivity contribution in [1.82, 2.24) is 4.90 Å². The predicted molar refractivity (Wildman–Crippen MR) is 136 cm³/mol. The van der Waals surface area contributed by atoms with E-state index in [0.29, 0.717) is 31.9 Å². The van der Waals surface area contributed by atoms with Crippen LogP contribution in [0, 0.1) is 5.82 Å². The maximum Gasteiger partial charge on any atom is 0.293 e. The number of imide groups is 1. The maximum absolute atomic E-state index is 14.0. The second kappa shape index (κ2) is 10.4. The minimum absolute atomic E-state index is 0.112. The number of hydrogen-bond acceptors (Lipinski definition) is 4. The molecule has 0 atom stereocenters. The molecule has 0 spiro atoms. The van der Waals surface area contributed by atoms with Crippen molar-refractivity contribution in [2.24, 2.45) is 0 Å². The van der Waals surface area contributed by atoms with E-state index in [1.165, 1.54) is 6.07 Å². The number of hydrogen-bond donors (Lipinski definition) is 0. The van der Waals surface area contributed by atoms with E-state index in [1.54, 1.807) is 48.5 Å². The summed E-state index contributed by atoms with van der Waals surface area (Å²) in [6, 6.07) is 17.0. The van der Waals surface area contributed by atoms with Crippen LogP contribution in [0.2, 0.25) is 5.02 Å². The average Bonchev–Trinajstić information content (AvgIpc) is 3.03. The van der Waals surface area contributed by atoms with Crippen LogP contribution in [0.15, 0.2) is 74.5 Å². The molecule has 0 bridgehead atoms. The Hall–Kier alpha value is -2.13. The summed E-state index contributed by atoms with van der Waals surface area (Å²) < 4.78 is 21.2. The molecule has 1 saturated heterocycles. The van der Waals surface area contributed by atoms with Crippen molar-refractivity contribution < 1.29 is 18.7 Å². The topological polar surface area (TPSA) is 46.6 Å². The first-order valence-corrected chi connectivity index (χ1v) is 12.4. The number of nitrogens with zero attached hydrogens (tertiary/aromatic N) is 1. The molecule has 1 aliphatic heterocycles. The van der Waals surface area contributed by atoms with Gasteiger partial charge in [0.05, 0.1) is 20.4 Å². The fourth-order valence-electron chi connectivity index (χ4n) is 3.12. The van der Waals surface area contributed by atoms with E-state index >= 15 is 0 Å². The van der Waals surface area contributed by atoms with Gasteiger partial charge in [0.2, 0.25) is 0 Å². The van der Waals surface area contributed by atoms with Crippen molar-refractivity contribution >= 4 is 72.4 Å². The Morgan fingerprint density at radius 3 is 2.36 bits per heavy atom. The minimum Gasteiger partial charge on any atom is -0.487 e. The fraction of sp³-hybridized carbons (Fsp3) is 0.0833. The summed E-state index contributed by atoms with van der Waals surface area (Å²) in [5.41, 5.74) is 1.95. The molecule has 4 rings (SSSR count). The van der Waals surface area contributed by atoms with Crippen LogP contribution in [0.1, 0.15) is 16.7 Å². The molecule has 3 aromatic rings. The summed E-state index contributed by atoms with van der Waals surface area (Å²) in [6.07, 6.45) is 1.63. The zero-order chi connectivity index (χ0) is 23.5. The van der Waals surface area contributed by atoms with Gasteiger partial charge >= 0.3 is 0 Å². The van der Waals surface area contributed by atoms with Gasteiger partial charge in [0.15, 0.2) is 0 Å². The number of halogens is 4. The quantitative estimate of drug-likeness (QED) is 0.267. The fourth-order valence-corrected chi connectivity index (χ4v) is 5.54. The molecule has 4 nitrogen and oxygen atoms in total. The van der Waals surface area contributed by atoms with E-state index in [0.717, 1.165) is 22.2 Å². The Morgan fingerprint density at radius 2 is 1.70 bits per heavy atom. The molecule has 9 heteroatoms. The molecule has 168 valence electrons. The molecule has 0 aromatic heterocycles. The number of thioether (sulfide) groups is 1. The Bertz CT molecular complexity index is 1240. The third-order valence-corrected chi connectivity index (χ3v) is 7.11.